The Kier molecular flexibility index (Phi) is 3.51. The fourth-order valence-corrected chi connectivity index (χ4v) is 3.59. The summed E-state index contributed by atoms with van der Waals surface area (Å²) in [4.78, 5) is 12.7. The Morgan fingerprint density at radius 1 is 1.24 bits per heavy atom. The summed E-state index contributed by atoms with van der Waals surface area (Å²) in [5.74, 6) is -1.44. The number of aliphatic carboxylic acids is 1. The van der Waals surface area contributed by atoms with Crippen LogP contribution in [0.15, 0.2) is 46.9 Å². The van der Waals surface area contributed by atoms with Gasteiger partial charge in [-0.25, -0.2) is 0 Å². The van der Waals surface area contributed by atoms with Crippen LogP contribution >= 0.6 is 11.3 Å². The van der Waals surface area contributed by atoms with Crippen LogP contribution in [0.4, 0.5) is 5.69 Å². The van der Waals surface area contributed by atoms with Gasteiger partial charge in [0, 0.05) is 4.88 Å². The van der Waals surface area contributed by atoms with E-state index >= 15 is 0 Å². The minimum Gasteiger partial charge on any atom is -0.481 e. The maximum absolute atomic E-state index is 11.7. The number of thiophene rings is 1. The number of hydrogen-bond acceptors (Lipinski definition) is 4. The van der Waals surface area contributed by atoms with Crippen LogP contribution in [0.1, 0.15) is 23.4 Å². The molecule has 0 saturated heterocycles. The van der Waals surface area contributed by atoms with Crippen LogP contribution < -0.4 is 5.01 Å². The molecule has 2 aromatic rings. The van der Waals surface area contributed by atoms with Gasteiger partial charge in [-0.05, 0) is 36.9 Å². The van der Waals surface area contributed by atoms with Crippen LogP contribution in [-0.4, -0.2) is 16.8 Å². The van der Waals surface area contributed by atoms with Crippen molar-refractivity contribution >= 4 is 28.7 Å². The lowest BCUT2D eigenvalue weighted by atomic mass is 9.94. The van der Waals surface area contributed by atoms with Crippen LogP contribution in [0.25, 0.3) is 0 Å². The van der Waals surface area contributed by atoms with Gasteiger partial charge in [0.2, 0.25) is 0 Å². The van der Waals surface area contributed by atoms with E-state index in [0.29, 0.717) is 5.71 Å². The first-order chi connectivity index (χ1) is 10.1. The van der Waals surface area contributed by atoms with Crippen molar-refractivity contribution in [2.75, 3.05) is 5.01 Å². The summed E-state index contributed by atoms with van der Waals surface area (Å²) in [6, 6.07) is 11.6. The SMILES string of the molecule is CC1=NN(c2ccccc2C)C(c2cccs2)C1C(=O)O. The highest BCUT2D eigenvalue weighted by atomic mass is 32.1. The van der Waals surface area contributed by atoms with Gasteiger partial charge in [-0.1, -0.05) is 24.3 Å². The molecular formula is C16H16N2O2S. The molecule has 21 heavy (non-hydrogen) atoms. The number of para-hydroxylation sites is 1. The molecule has 0 spiro atoms. The first-order valence-corrected chi connectivity index (χ1v) is 7.63. The summed E-state index contributed by atoms with van der Waals surface area (Å²) in [6.07, 6.45) is 0. The zero-order valence-corrected chi connectivity index (χ0v) is 12.7. The lowest BCUT2D eigenvalue weighted by Gasteiger charge is -2.26. The highest BCUT2D eigenvalue weighted by Crippen LogP contribution is 2.41. The molecule has 1 N–H and O–H groups in total. The van der Waals surface area contributed by atoms with E-state index in [-0.39, 0.29) is 6.04 Å². The summed E-state index contributed by atoms with van der Waals surface area (Å²) in [5.41, 5.74) is 2.68. The van der Waals surface area contributed by atoms with Crippen molar-refractivity contribution in [2.24, 2.45) is 11.0 Å². The Morgan fingerprint density at radius 2 is 2.00 bits per heavy atom. The number of hydrazone groups is 1. The summed E-state index contributed by atoms with van der Waals surface area (Å²) < 4.78 is 0. The lowest BCUT2D eigenvalue weighted by molar-refractivity contribution is -0.139. The van der Waals surface area contributed by atoms with Crippen LogP contribution in [0.2, 0.25) is 0 Å². The number of hydrogen-bond donors (Lipinski definition) is 1. The van der Waals surface area contributed by atoms with Gasteiger partial charge in [0.05, 0.1) is 11.4 Å². The summed E-state index contributed by atoms with van der Waals surface area (Å²) in [5, 5.41) is 17.9. The molecule has 2 heterocycles. The number of carbonyl (C=O) groups is 1. The van der Waals surface area contributed by atoms with Crippen molar-refractivity contribution in [3.63, 3.8) is 0 Å². The maximum atomic E-state index is 11.7. The highest BCUT2D eigenvalue weighted by molar-refractivity contribution is 7.10. The summed E-state index contributed by atoms with van der Waals surface area (Å²) >= 11 is 1.57. The van der Waals surface area contributed by atoms with E-state index in [9.17, 15) is 9.90 Å². The molecule has 1 aromatic carbocycles. The van der Waals surface area contributed by atoms with E-state index in [1.165, 1.54) is 0 Å². The highest BCUT2D eigenvalue weighted by Gasteiger charge is 2.42. The number of carboxylic acid groups (broad SMARTS) is 1. The van der Waals surface area contributed by atoms with Gasteiger partial charge in [-0.3, -0.25) is 9.80 Å². The molecule has 3 rings (SSSR count). The molecule has 2 unspecified atom stereocenters. The van der Waals surface area contributed by atoms with Gasteiger partial charge in [-0.15, -0.1) is 11.3 Å². The third-order valence-corrected chi connectivity index (χ3v) is 4.70. The molecule has 2 atom stereocenters. The Bertz CT molecular complexity index is 694. The van der Waals surface area contributed by atoms with Crippen molar-refractivity contribution in [2.45, 2.75) is 19.9 Å². The molecule has 4 nitrogen and oxygen atoms in total. The number of aryl methyl sites for hydroxylation is 1. The van der Waals surface area contributed by atoms with E-state index in [0.717, 1.165) is 16.1 Å². The van der Waals surface area contributed by atoms with Gasteiger partial charge < -0.3 is 5.11 Å². The minimum absolute atomic E-state index is 0.274. The van der Waals surface area contributed by atoms with Gasteiger partial charge in [-0.2, -0.15) is 5.10 Å². The van der Waals surface area contributed by atoms with Crippen molar-refractivity contribution in [1.82, 2.24) is 0 Å². The Labute approximate surface area is 127 Å². The maximum Gasteiger partial charge on any atom is 0.314 e. The predicted octanol–water partition coefficient (Wildman–Crippen LogP) is 3.69. The largest absolute Gasteiger partial charge is 0.481 e. The second-order valence-electron chi connectivity index (χ2n) is 5.15. The summed E-state index contributed by atoms with van der Waals surface area (Å²) in [6.45, 7) is 3.80. The zero-order valence-electron chi connectivity index (χ0n) is 11.9. The van der Waals surface area contributed by atoms with E-state index in [1.807, 2.05) is 53.7 Å². The fraction of sp³-hybridized carbons (Fsp3) is 0.250. The molecule has 1 aliphatic heterocycles. The van der Waals surface area contributed by atoms with Crippen molar-refractivity contribution in [1.29, 1.82) is 0 Å². The smallest absolute Gasteiger partial charge is 0.314 e. The zero-order chi connectivity index (χ0) is 15.0. The summed E-state index contributed by atoms with van der Waals surface area (Å²) in [7, 11) is 0. The van der Waals surface area contributed by atoms with Crippen LogP contribution in [-0.2, 0) is 4.79 Å². The molecule has 1 aliphatic rings. The van der Waals surface area contributed by atoms with Gasteiger partial charge in [0.1, 0.15) is 12.0 Å². The quantitative estimate of drug-likeness (QED) is 0.940. The van der Waals surface area contributed by atoms with Crippen LogP contribution in [0.5, 0.6) is 0 Å². The van der Waals surface area contributed by atoms with E-state index in [4.69, 9.17) is 0 Å². The molecule has 0 aliphatic carbocycles. The van der Waals surface area contributed by atoms with Crippen molar-refractivity contribution in [3.8, 4) is 0 Å². The Morgan fingerprint density at radius 3 is 2.62 bits per heavy atom. The van der Waals surface area contributed by atoms with Crippen molar-refractivity contribution in [3.05, 3.63) is 52.2 Å². The number of carboxylic acids is 1. The second-order valence-corrected chi connectivity index (χ2v) is 6.13. The molecule has 0 radical (unpaired) electrons. The van der Waals surface area contributed by atoms with E-state index in [2.05, 4.69) is 5.10 Å². The standard InChI is InChI=1S/C16H16N2O2S/c1-10-6-3-4-7-12(10)18-15(13-8-5-9-21-13)14(16(19)20)11(2)17-18/h3-9,14-15H,1-2H3,(H,19,20). The third-order valence-electron chi connectivity index (χ3n) is 3.76. The number of anilines is 1. The number of nitrogens with zero attached hydrogens (tertiary/aromatic N) is 2. The Hall–Kier alpha value is -2.14. The van der Waals surface area contributed by atoms with Crippen molar-refractivity contribution < 1.29 is 9.90 Å². The lowest BCUT2D eigenvalue weighted by Crippen LogP contribution is -2.30. The molecule has 0 saturated carbocycles. The van der Waals surface area contributed by atoms with Gasteiger partial charge in [0.15, 0.2) is 0 Å². The first kappa shape index (κ1) is 13.8. The van der Waals surface area contributed by atoms with Crippen LogP contribution in [0.3, 0.4) is 0 Å². The second kappa shape index (κ2) is 5.33. The monoisotopic (exact) mass is 300 g/mol. The minimum atomic E-state index is -0.828. The van der Waals surface area contributed by atoms with E-state index in [1.54, 1.807) is 18.3 Å². The molecule has 0 amide bonds. The number of rotatable bonds is 3. The van der Waals surface area contributed by atoms with Gasteiger partial charge in [0.25, 0.3) is 0 Å². The molecular weight excluding hydrogens is 284 g/mol. The average Bonchev–Trinajstić information content (AvgIpc) is 3.06. The topological polar surface area (TPSA) is 52.9 Å². The number of benzene rings is 1. The van der Waals surface area contributed by atoms with Gasteiger partial charge >= 0.3 is 5.97 Å². The fourth-order valence-electron chi connectivity index (χ4n) is 2.75. The molecule has 108 valence electrons. The molecule has 5 heteroatoms. The Balaban J connectivity index is 2.11. The molecule has 0 bridgehead atoms. The van der Waals surface area contributed by atoms with E-state index < -0.39 is 11.9 Å². The average molecular weight is 300 g/mol. The third kappa shape index (κ3) is 2.34. The normalized spacial score (nSPS) is 21.4. The van der Waals surface area contributed by atoms with Crippen LogP contribution in [0, 0.1) is 12.8 Å². The predicted molar refractivity (Wildman–Crippen MR) is 85.0 cm³/mol. The molecule has 0 fully saturated rings. The molecule has 1 aromatic heterocycles. The first-order valence-electron chi connectivity index (χ1n) is 6.76.